The number of aromatic hydroxyl groups is 1. The van der Waals surface area contributed by atoms with Crippen LogP contribution in [0.2, 0.25) is 0 Å². The number of hydrogen-bond donors (Lipinski definition) is 12. The van der Waals surface area contributed by atoms with Gasteiger partial charge in [0.25, 0.3) is 0 Å². The number of para-hydroxylation sites is 1. The molecule has 6 amide bonds. The lowest BCUT2D eigenvalue weighted by molar-refractivity contribution is -0.143. The predicted octanol–water partition coefficient (Wildman–Crippen LogP) is -2.43. The molecule has 330 valence electrons. The van der Waals surface area contributed by atoms with Gasteiger partial charge in [0.05, 0.1) is 18.7 Å². The molecular formula is C40H55N11O10. The Balaban J connectivity index is 1.51. The van der Waals surface area contributed by atoms with Crippen LogP contribution in [0, 0.1) is 0 Å². The average Bonchev–Trinajstić information content (AvgIpc) is 3.88. The number of H-pyrrole nitrogens is 1. The highest BCUT2D eigenvalue weighted by molar-refractivity contribution is 5.97. The monoisotopic (exact) mass is 849 g/mol. The third kappa shape index (κ3) is 13.6. The van der Waals surface area contributed by atoms with Gasteiger partial charge in [-0.3, -0.25) is 38.6 Å². The van der Waals surface area contributed by atoms with Gasteiger partial charge in [0.2, 0.25) is 35.4 Å². The Kier molecular flexibility index (Phi) is 17.0. The first-order valence-corrected chi connectivity index (χ1v) is 19.8. The summed E-state index contributed by atoms with van der Waals surface area (Å²) in [5.41, 5.74) is 19.1. The van der Waals surface area contributed by atoms with Gasteiger partial charge in [-0.25, -0.2) is 0 Å². The Labute approximate surface area is 351 Å². The van der Waals surface area contributed by atoms with Crippen molar-refractivity contribution >= 4 is 58.3 Å². The average molecular weight is 850 g/mol. The van der Waals surface area contributed by atoms with Crippen molar-refractivity contribution < 1.29 is 48.9 Å². The van der Waals surface area contributed by atoms with E-state index in [1.54, 1.807) is 24.4 Å². The summed E-state index contributed by atoms with van der Waals surface area (Å²) < 4.78 is 0. The first-order valence-electron chi connectivity index (χ1n) is 19.8. The van der Waals surface area contributed by atoms with Gasteiger partial charge >= 0.3 is 5.97 Å². The Hall–Kier alpha value is -6.74. The third-order valence-electron chi connectivity index (χ3n) is 10.1. The van der Waals surface area contributed by atoms with Crippen LogP contribution in [0.25, 0.3) is 10.9 Å². The number of aliphatic hydroxyl groups excluding tert-OH is 1. The Morgan fingerprint density at radius 2 is 1.56 bits per heavy atom. The second-order valence-electron chi connectivity index (χ2n) is 14.9. The number of likely N-dealkylation sites (tertiary alicyclic amines) is 1. The molecule has 0 spiro atoms. The number of aliphatic carboxylic acids is 1. The lowest BCUT2D eigenvalue weighted by Gasteiger charge is -2.27. The van der Waals surface area contributed by atoms with E-state index < -0.39 is 90.3 Å². The van der Waals surface area contributed by atoms with Crippen molar-refractivity contribution in [3.8, 4) is 5.75 Å². The van der Waals surface area contributed by atoms with Crippen LogP contribution in [0.1, 0.15) is 50.7 Å². The lowest BCUT2D eigenvalue weighted by Crippen LogP contribution is -2.60. The molecule has 61 heavy (non-hydrogen) atoms. The first kappa shape index (κ1) is 46.9. The topological polar surface area (TPSA) is 350 Å². The van der Waals surface area contributed by atoms with Crippen LogP contribution in [-0.4, -0.2) is 135 Å². The number of carbonyl (C=O) groups excluding carboxylic acids is 6. The van der Waals surface area contributed by atoms with Gasteiger partial charge in [-0.15, -0.1) is 0 Å². The molecule has 2 aromatic carbocycles. The number of nitrogens with two attached hydrogens (primary N) is 3. The molecule has 0 radical (unpaired) electrons. The van der Waals surface area contributed by atoms with Crippen molar-refractivity contribution in [3.63, 3.8) is 0 Å². The molecule has 2 heterocycles. The molecule has 0 bridgehead atoms. The fourth-order valence-corrected chi connectivity index (χ4v) is 6.77. The van der Waals surface area contributed by atoms with Crippen molar-refractivity contribution in [2.75, 3.05) is 19.6 Å². The normalized spacial score (nSPS) is 16.5. The highest BCUT2D eigenvalue weighted by atomic mass is 16.4. The van der Waals surface area contributed by atoms with Gasteiger partial charge in [0.1, 0.15) is 36.0 Å². The summed E-state index contributed by atoms with van der Waals surface area (Å²) in [5.74, 6) is -5.98. The number of aromatic amines is 1. The Morgan fingerprint density at radius 3 is 2.23 bits per heavy atom. The number of rotatable bonds is 21. The number of guanidine groups is 1. The highest BCUT2D eigenvalue weighted by Gasteiger charge is 2.37. The second-order valence-corrected chi connectivity index (χ2v) is 14.9. The summed E-state index contributed by atoms with van der Waals surface area (Å²) in [6.45, 7) is 2.22. The minimum Gasteiger partial charge on any atom is -0.508 e. The maximum absolute atomic E-state index is 14.1. The van der Waals surface area contributed by atoms with Crippen LogP contribution in [0.5, 0.6) is 5.75 Å². The van der Waals surface area contributed by atoms with E-state index in [0.717, 1.165) is 10.9 Å². The molecule has 15 N–H and O–H groups in total. The highest BCUT2D eigenvalue weighted by Crippen LogP contribution is 2.20. The lowest BCUT2D eigenvalue weighted by atomic mass is 10.0. The molecule has 1 fully saturated rings. The van der Waals surface area contributed by atoms with Gasteiger partial charge in [-0.05, 0) is 75.3 Å². The van der Waals surface area contributed by atoms with Crippen molar-refractivity contribution in [2.45, 2.75) is 94.7 Å². The molecule has 21 nitrogen and oxygen atoms in total. The van der Waals surface area contributed by atoms with Crippen LogP contribution in [0.4, 0.5) is 0 Å². The van der Waals surface area contributed by atoms with Crippen molar-refractivity contribution in [3.05, 3.63) is 65.9 Å². The van der Waals surface area contributed by atoms with Crippen LogP contribution < -0.4 is 43.8 Å². The fraction of sp³-hybridized carbons (Fsp3) is 0.450. The molecular weight excluding hydrogens is 795 g/mol. The first-order chi connectivity index (χ1) is 28.9. The van der Waals surface area contributed by atoms with Crippen LogP contribution >= 0.6 is 0 Å². The number of carbonyl (C=O) groups is 7. The van der Waals surface area contributed by atoms with Gasteiger partial charge in [0, 0.05) is 36.6 Å². The number of benzene rings is 2. The molecule has 1 aliphatic heterocycles. The van der Waals surface area contributed by atoms with Gasteiger partial charge in [-0.2, -0.15) is 0 Å². The number of amides is 6. The molecule has 0 unspecified atom stereocenters. The maximum Gasteiger partial charge on any atom is 0.325 e. The summed E-state index contributed by atoms with van der Waals surface area (Å²) in [6, 6.07) is 5.84. The summed E-state index contributed by atoms with van der Waals surface area (Å²) >= 11 is 0. The molecule has 3 aromatic rings. The number of carboxylic acid groups (broad SMARTS) is 1. The summed E-state index contributed by atoms with van der Waals surface area (Å²) in [4.78, 5) is 100. The molecule has 21 heteroatoms. The van der Waals surface area contributed by atoms with Crippen molar-refractivity contribution in [1.82, 2.24) is 36.5 Å². The van der Waals surface area contributed by atoms with Crippen LogP contribution in [-0.2, 0) is 46.4 Å². The second kappa shape index (κ2) is 22.0. The Bertz CT molecular complexity index is 2070. The molecule has 1 aliphatic rings. The number of nitrogens with one attached hydrogen (secondary N) is 6. The minimum atomic E-state index is -1.62. The number of phenolic OH excluding ortho intramolecular Hbond substituents is 1. The largest absolute Gasteiger partial charge is 0.508 e. The predicted molar refractivity (Wildman–Crippen MR) is 222 cm³/mol. The molecule has 0 saturated carbocycles. The molecule has 1 saturated heterocycles. The zero-order valence-electron chi connectivity index (χ0n) is 33.9. The number of phenols is 1. The fourth-order valence-electron chi connectivity index (χ4n) is 6.77. The van der Waals surface area contributed by atoms with Crippen molar-refractivity contribution in [1.29, 1.82) is 0 Å². The van der Waals surface area contributed by atoms with Gasteiger partial charge < -0.3 is 69.0 Å². The van der Waals surface area contributed by atoms with Crippen molar-refractivity contribution in [2.24, 2.45) is 22.2 Å². The van der Waals surface area contributed by atoms with Gasteiger partial charge in [0.15, 0.2) is 5.96 Å². The summed E-state index contributed by atoms with van der Waals surface area (Å²) in [5, 5.41) is 42.8. The van der Waals surface area contributed by atoms with E-state index in [-0.39, 0.29) is 56.9 Å². The molecule has 7 atom stereocenters. The van der Waals surface area contributed by atoms with E-state index in [1.807, 2.05) is 18.2 Å². The number of aliphatic hydroxyl groups is 1. The number of aromatic nitrogens is 1. The number of nitrogens with zero attached hydrogens (tertiary/aromatic N) is 2. The zero-order chi connectivity index (χ0) is 44.8. The third-order valence-corrected chi connectivity index (χ3v) is 10.1. The van der Waals surface area contributed by atoms with Crippen LogP contribution in [0.15, 0.2) is 59.7 Å². The molecule has 4 rings (SSSR count). The number of aliphatic imine (C=N–C) groups is 1. The summed E-state index contributed by atoms with van der Waals surface area (Å²) in [6.07, 6.45) is 1.12. The minimum absolute atomic E-state index is 0.0204. The Morgan fingerprint density at radius 1 is 0.885 bits per heavy atom. The molecule has 0 aliphatic carbocycles. The smallest absolute Gasteiger partial charge is 0.325 e. The standard InChI is InChI=1S/C40H55N11O10/c1-21(39(60)61)47-37(58)31-10-6-16-51(31)32(54)20-46-38(59)33(22(2)52)50-36(57)30(18-24-19-45-28-8-4-3-7-26(24)28)49-35(56)29(9-5-15-44-40(42)43)48-34(55)27(41)17-23-11-13-25(53)14-12-23/h3-4,7-8,11-14,19,21-22,27,29-31,33,45,52-53H,5-6,9-10,15-18,20,41H2,1-2H3,(H,46,59)(H,47,58)(H,48,55)(H,49,56)(H,50,57)(H,60,61)(H4,42,43,44)/t21-,22+,27-,29-,30-,31-,33-/m0/s1. The quantitative estimate of drug-likeness (QED) is 0.0302. The van der Waals surface area contributed by atoms with E-state index in [2.05, 4.69) is 36.6 Å². The number of carboxylic acids is 1. The van der Waals surface area contributed by atoms with E-state index in [4.69, 9.17) is 22.3 Å². The SMILES string of the molecule is C[C@H](NC(=O)[C@@H]1CCCN1C(=O)CNC(=O)[C@@H](NC(=O)[C@H](Cc1c[nH]c2ccccc12)NC(=O)[C@H](CCCN=C(N)N)NC(=O)[C@@H](N)Cc1ccc(O)cc1)[C@@H](C)O)C(=O)O. The van der Waals surface area contributed by atoms with Gasteiger partial charge in [-0.1, -0.05) is 30.3 Å². The molecule has 1 aromatic heterocycles. The number of fused-ring (bicyclic) bond motifs is 1. The van der Waals surface area contributed by atoms with Crippen LogP contribution in [0.3, 0.4) is 0 Å². The van der Waals surface area contributed by atoms with E-state index in [1.165, 1.54) is 30.9 Å². The zero-order valence-corrected chi connectivity index (χ0v) is 33.9. The summed E-state index contributed by atoms with van der Waals surface area (Å²) in [7, 11) is 0. The maximum atomic E-state index is 14.1. The van der Waals surface area contributed by atoms with E-state index >= 15 is 0 Å². The number of hydrogen-bond acceptors (Lipinski definition) is 11. The van der Waals surface area contributed by atoms with E-state index in [0.29, 0.717) is 17.5 Å². The van der Waals surface area contributed by atoms with E-state index in [9.17, 15) is 43.8 Å².